The van der Waals surface area contributed by atoms with Crippen LogP contribution in [0.15, 0.2) is 53.1 Å². The van der Waals surface area contributed by atoms with Gasteiger partial charge in [-0.2, -0.15) is 0 Å². The zero-order valence-corrected chi connectivity index (χ0v) is 18.6. The van der Waals surface area contributed by atoms with Crippen molar-refractivity contribution < 1.29 is 27.6 Å². The maximum Gasteiger partial charge on any atom is 0.273 e. The first-order chi connectivity index (χ1) is 15.8. The number of ether oxygens (including phenoxy) is 1. The summed E-state index contributed by atoms with van der Waals surface area (Å²) in [6.45, 7) is 3.97. The lowest BCUT2D eigenvalue weighted by molar-refractivity contribution is 0.0650. The van der Waals surface area contributed by atoms with Crippen molar-refractivity contribution in [1.29, 1.82) is 0 Å². The van der Waals surface area contributed by atoms with Gasteiger partial charge in [-0.05, 0) is 43.2 Å². The first kappa shape index (κ1) is 23.9. The molecule has 7 nitrogen and oxygen atoms in total. The number of halogens is 2. The van der Waals surface area contributed by atoms with E-state index < -0.39 is 23.4 Å². The molecule has 9 heteroatoms. The zero-order chi connectivity index (χ0) is 24.0. The van der Waals surface area contributed by atoms with Crippen LogP contribution in [-0.4, -0.2) is 35.0 Å². The lowest BCUT2D eigenvalue weighted by Gasteiger charge is -2.27. The topological polar surface area (TPSA) is 84.7 Å². The number of carbonyl (C=O) groups is 2. The molecule has 0 aliphatic carbocycles. The average molecular weight is 457 g/mol. The van der Waals surface area contributed by atoms with E-state index >= 15 is 0 Å². The normalized spacial score (nSPS) is 11.7. The summed E-state index contributed by atoms with van der Waals surface area (Å²) >= 11 is 0. The van der Waals surface area contributed by atoms with Gasteiger partial charge in [-0.15, -0.1) is 0 Å². The number of nitrogens with one attached hydrogen (secondary N) is 1. The Kier molecular flexibility index (Phi) is 7.76. The second-order valence-electron chi connectivity index (χ2n) is 7.56. The smallest absolute Gasteiger partial charge is 0.273 e. The van der Waals surface area contributed by atoms with Crippen LogP contribution in [0.25, 0.3) is 0 Å². The number of hydrogen-bond donors (Lipinski definition) is 1. The summed E-state index contributed by atoms with van der Waals surface area (Å²) in [5, 5.41) is 6.54. The van der Waals surface area contributed by atoms with Gasteiger partial charge in [0.2, 0.25) is 0 Å². The minimum absolute atomic E-state index is 0.00919. The molecule has 0 aliphatic heterocycles. The molecule has 3 aromatic rings. The molecule has 174 valence electrons. The Morgan fingerprint density at radius 1 is 1.12 bits per heavy atom. The molecular weight excluding hydrogens is 432 g/mol. The van der Waals surface area contributed by atoms with Crippen molar-refractivity contribution in [2.45, 2.75) is 39.4 Å². The van der Waals surface area contributed by atoms with E-state index in [0.29, 0.717) is 18.2 Å². The number of benzene rings is 2. The quantitative estimate of drug-likeness (QED) is 0.517. The number of methoxy groups -OCH3 is 1. The molecule has 33 heavy (non-hydrogen) atoms. The molecule has 0 bridgehead atoms. The van der Waals surface area contributed by atoms with Crippen LogP contribution in [-0.2, 0) is 13.1 Å². The van der Waals surface area contributed by atoms with Crippen molar-refractivity contribution in [2.24, 2.45) is 0 Å². The van der Waals surface area contributed by atoms with Gasteiger partial charge in [0.25, 0.3) is 11.8 Å². The molecule has 3 rings (SSSR count). The Hall–Kier alpha value is -3.75. The predicted molar refractivity (Wildman–Crippen MR) is 117 cm³/mol. The van der Waals surface area contributed by atoms with Crippen molar-refractivity contribution in [3.8, 4) is 5.75 Å². The van der Waals surface area contributed by atoms with Gasteiger partial charge in [0, 0.05) is 30.3 Å². The SMILES string of the molecule is CCC(C)N(Cc1cc(C(=O)NCc2ccc(OC)cc2)no1)C(=O)c1cc(F)cc(F)c1. The highest BCUT2D eigenvalue weighted by molar-refractivity contribution is 5.94. The highest BCUT2D eigenvalue weighted by Crippen LogP contribution is 2.18. The summed E-state index contributed by atoms with van der Waals surface area (Å²) in [6, 6.07) is 11.1. The number of carbonyl (C=O) groups excluding carboxylic acids is 2. The Balaban J connectivity index is 1.68. The molecule has 0 aliphatic rings. The standard InChI is InChI=1S/C24H25F2N3O4/c1-4-15(2)29(24(31)17-9-18(25)11-19(26)10-17)14-21-12-22(28-33-21)23(30)27-13-16-5-7-20(32-3)8-6-16/h5-12,15H,4,13-14H2,1-3H3,(H,27,30). The van der Waals surface area contributed by atoms with Crippen LogP contribution in [0.3, 0.4) is 0 Å². The molecule has 2 amide bonds. The molecular formula is C24H25F2N3O4. The van der Waals surface area contributed by atoms with Gasteiger partial charge in [0.1, 0.15) is 17.4 Å². The molecule has 0 saturated carbocycles. The van der Waals surface area contributed by atoms with Crippen LogP contribution in [0, 0.1) is 11.6 Å². The first-order valence-corrected chi connectivity index (χ1v) is 10.4. The van der Waals surface area contributed by atoms with Crippen molar-refractivity contribution >= 4 is 11.8 Å². The largest absolute Gasteiger partial charge is 0.497 e. The maximum absolute atomic E-state index is 13.6. The van der Waals surface area contributed by atoms with Crippen LogP contribution in [0.1, 0.15) is 52.4 Å². The fourth-order valence-electron chi connectivity index (χ4n) is 3.17. The van der Waals surface area contributed by atoms with Gasteiger partial charge < -0.3 is 19.5 Å². The van der Waals surface area contributed by atoms with Gasteiger partial charge in [-0.1, -0.05) is 24.2 Å². The summed E-state index contributed by atoms with van der Waals surface area (Å²) < 4.78 is 37.6. The molecule has 1 unspecified atom stereocenters. The Bertz CT molecular complexity index is 1090. The van der Waals surface area contributed by atoms with Crippen molar-refractivity contribution in [2.75, 3.05) is 7.11 Å². The molecule has 2 aromatic carbocycles. The fraction of sp³-hybridized carbons (Fsp3) is 0.292. The molecule has 0 fully saturated rings. The second-order valence-corrected chi connectivity index (χ2v) is 7.56. The van der Waals surface area contributed by atoms with Crippen molar-refractivity contribution in [3.05, 3.63) is 82.7 Å². The van der Waals surface area contributed by atoms with Gasteiger partial charge in [0.05, 0.1) is 13.7 Å². The monoisotopic (exact) mass is 457 g/mol. The summed E-state index contributed by atoms with van der Waals surface area (Å²) in [7, 11) is 1.57. The molecule has 0 spiro atoms. The number of hydrogen-bond acceptors (Lipinski definition) is 5. The number of nitrogens with zero attached hydrogens (tertiary/aromatic N) is 2. The lowest BCUT2D eigenvalue weighted by Crippen LogP contribution is -2.37. The molecule has 1 heterocycles. The van der Waals surface area contributed by atoms with Gasteiger partial charge in [-0.3, -0.25) is 9.59 Å². The minimum atomic E-state index is -0.835. The Morgan fingerprint density at radius 2 is 1.79 bits per heavy atom. The molecule has 0 saturated heterocycles. The summed E-state index contributed by atoms with van der Waals surface area (Å²) in [5.74, 6) is -1.67. The first-order valence-electron chi connectivity index (χ1n) is 10.4. The van der Waals surface area contributed by atoms with E-state index in [4.69, 9.17) is 9.26 Å². The van der Waals surface area contributed by atoms with E-state index in [1.807, 2.05) is 26.0 Å². The number of aromatic nitrogens is 1. The summed E-state index contributed by atoms with van der Waals surface area (Å²) in [5.41, 5.74) is 0.834. The van der Waals surface area contributed by atoms with E-state index in [9.17, 15) is 18.4 Å². The van der Waals surface area contributed by atoms with Crippen LogP contribution < -0.4 is 10.1 Å². The van der Waals surface area contributed by atoms with Crippen LogP contribution in [0.4, 0.5) is 8.78 Å². The molecule has 0 radical (unpaired) electrons. The summed E-state index contributed by atoms with van der Waals surface area (Å²) in [6.07, 6.45) is 0.604. The van der Waals surface area contributed by atoms with Gasteiger partial charge in [0.15, 0.2) is 11.5 Å². The number of rotatable bonds is 9. The fourth-order valence-corrected chi connectivity index (χ4v) is 3.17. The van der Waals surface area contributed by atoms with E-state index in [-0.39, 0.29) is 36.1 Å². The average Bonchev–Trinajstić information content (AvgIpc) is 3.28. The third-order valence-corrected chi connectivity index (χ3v) is 5.22. The van der Waals surface area contributed by atoms with Gasteiger partial charge >= 0.3 is 0 Å². The zero-order valence-electron chi connectivity index (χ0n) is 18.6. The summed E-state index contributed by atoms with van der Waals surface area (Å²) in [4.78, 5) is 26.8. The highest BCUT2D eigenvalue weighted by Gasteiger charge is 2.24. The van der Waals surface area contributed by atoms with Gasteiger partial charge in [-0.25, -0.2) is 8.78 Å². The van der Waals surface area contributed by atoms with E-state index in [1.54, 1.807) is 19.2 Å². The highest BCUT2D eigenvalue weighted by atomic mass is 19.1. The predicted octanol–water partition coefficient (Wildman–Crippen LogP) is 4.33. The maximum atomic E-state index is 13.6. The third-order valence-electron chi connectivity index (χ3n) is 5.22. The second kappa shape index (κ2) is 10.7. The van der Waals surface area contributed by atoms with E-state index in [0.717, 1.165) is 17.7 Å². The third kappa shape index (κ3) is 6.15. The van der Waals surface area contributed by atoms with Crippen molar-refractivity contribution in [3.63, 3.8) is 0 Å². The van der Waals surface area contributed by atoms with Crippen LogP contribution in [0.2, 0.25) is 0 Å². The molecule has 1 N–H and O–H groups in total. The van der Waals surface area contributed by atoms with Crippen LogP contribution in [0.5, 0.6) is 5.75 Å². The Labute approximate surface area is 190 Å². The Morgan fingerprint density at radius 3 is 2.39 bits per heavy atom. The van der Waals surface area contributed by atoms with E-state index in [2.05, 4.69) is 10.5 Å². The van der Waals surface area contributed by atoms with Crippen LogP contribution >= 0.6 is 0 Å². The number of amides is 2. The lowest BCUT2D eigenvalue weighted by atomic mass is 10.1. The van der Waals surface area contributed by atoms with E-state index in [1.165, 1.54) is 11.0 Å². The molecule has 1 atom stereocenters. The molecule has 1 aromatic heterocycles. The minimum Gasteiger partial charge on any atom is -0.497 e. The van der Waals surface area contributed by atoms with Crippen molar-refractivity contribution in [1.82, 2.24) is 15.4 Å².